The molecule has 0 saturated carbocycles. The lowest BCUT2D eigenvalue weighted by atomic mass is 9.89. The lowest BCUT2D eigenvalue weighted by Gasteiger charge is -2.17. The van der Waals surface area contributed by atoms with Crippen molar-refractivity contribution < 1.29 is 9.53 Å². The highest BCUT2D eigenvalue weighted by Crippen LogP contribution is 2.24. The number of benzene rings is 1. The molecule has 1 aromatic carbocycles. The topological polar surface area (TPSA) is 26.3 Å². The number of hydrogen-bond acceptors (Lipinski definition) is 2. The molecule has 0 aliphatic carbocycles. The summed E-state index contributed by atoms with van der Waals surface area (Å²) in [5.41, 5.74) is 5.76. The Balaban J connectivity index is 3.32. The highest BCUT2D eigenvalue weighted by atomic mass is 16.5. The van der Waals surface area contributed by atoms with E-state index in [0.29, 0.717) is 12.2 Å². The van der Waals surface area contributed by atoms with Crippen LogP contribution in [0.1, 0.15) is 67.6 Å². The van der Waals surface area contributed by atoms with Crippen LogP contribution in [0.25, 0.3) is 0 Å². The number of hydrogen-bond donors (Lipinski definition) is 0. The van der Waals surface area contributed by atoms with Crippen molar-refractivity contribution in [2.75, 3.05) is 6.61 Å². The minimum absolute atomic E-state index is 0.214. The molecule has 0 N–H and O–H groups in total. The quantitative estimate of drug-likeness (QED) is 0.503. The minimum atomic E-state index is -0.214. The second kappa shape index (κ2) is 8.66. The highest BCUT2D eigenvalue weighted by Gasteiger charge is 2.15. The van der Waals surface area contributed by atoms with E-state index in [2.05, 4.69) is 27.4 Å². The maximum Gasteiger partial charge on any atom is 0.338 e. The predicted octanol–water partition coefficient (Wildman–Crippen LogP) is 4.89. The van der Waals surface area contributed by atoms with Crippen molar-refractivity contribution in [1.82, 2.24) is 0 Å². The van der Waals surface area contributed by atoms with Gasteiger partial charge >= 0.3 is 5.97 Å². The van der Waals surface area contributed by atoms with E-state index in [4.69, 9.17) is 4.74 Å². The van der Waals surface area contributed by atoms with E-state index in [0.717, 1.165) is 37.7 Å². The standard InChI is InChI=1S/C19H28O2/c1-6-9-15-12-17(19(20)21-8-3)13-16(10-7-2)18(15)11-14(4)5/h12-13H,4,6-11H2,1-3,5H3. The van der Waals surface area contributed by atoms with Gasteiger partial charge in [-0.1, -0.05) is 38.8 Å². The third-order valence-electron chi connectivity index (χ3n) is 3.46. The number of rotatable bonds is 8. The van der Waals surface area contributed by atoms with E-state index in [1.807, 2.05) is 19.1 Å². The molecule has 0 saturated heterocycles. The molecule has 1 rings (SSSR count). The summed E-state index contributed by atoms with van der Waals surface area (Å²) in [5.74, 6) is -0.214. The Bertz CT molecular complexity index is 473. The molecule has 0 amide bonds. The average Bonchev–Trinajstić information content (AvgIpc) is 2.42. The molecule has 0 bridgehead atoms. The Hall–Kier alpha value is -1.57. The van der Waals surface area contributed by atoms with Crippen molar-refractivity contribution >= 4 is 5.97 Å². The molecule has 2 nitrogen and oxygen atoms in total. The summed E-state index contributed by atoms with van der Waals surface area (Å²) >= 11 is 0. The van der Waals surface area contributed by atoms with Crippen molar-refractivity contribution in [2.24, 2.45) is 0 Å². The first-order valence-electron chi connectivity index (χ1n) is 7.99. The van der Waals surface area contributed by atoms with Crippen molar-refractivity contribution in [3.63, 3.8) is 0 Å². The summed E-state index contributed by atoms with van der Waals surface area (Å²) in [5, 5.41) is 0. The molecule has 1 aromatic rings. The van der Waals surface area contributed by atoms with Crippen molar-refractivity contribution in [2.45, 2.75) is 59.8 Å². The molecule has 116 valence electrons. The largest absolute Gasteiger partial charge is 0.462 e. The first kappa shape index (κ1) is 17.5. The fourth-order valence-electron chi connectivity index (χ4n) is 2.64. The van der Waals surface area contributed by atoms with Gasteiger partial charge in [-0.3, -0.25) is 0 Å². The number of carbonyl (C=O) groups excluding carboxylic acids is 1. The monoisotopic (exact) mass is 288 g/mol. The number of aryl methyl sites for hydroxylation is 2. The van der Waals surface area contributed by atoms with Crippen LogP contribution in [0.3, 0.4) is 0 Å². The van der Waals surface area contributed by atoms with Gasteiger partial charge < -0.3 is 4.74 Å². The average molecular weight is 288 g/mol. The molecule has 0 spiro atoms. The lowest BCUT2D eigenvalue weighted by molar-refractivity contribution is 0.0526. The second-order valence-electron chi connectivity index (χ2n) is 5.63. The van der Waals surface area contributed by atoms with E-state index in [-0.39, 0.29) is 5.97 Å². The van der Waals surface area contributed by atoms with Gasteiger partial charge in [-0.2, -0.15) is 0 Å². The van der Waals surface area contributed by atoms with Crippen molar-refractivity contribution in [1.29, 1.82) is 0 Å². The van der Waals surface area contributed by atoms with E-state index in [1.165, 1.54) is 16.7 Å². The van der Waals surface area contributed by atoms with Crippen LogP contribution in [-0.2, 0) is 24.0 Å². The lowest BCUT2D eigenvalue weighted by Crippen LogP contribution is -2.09. The molecule has 0 atom stereocenters. The van der Waals surface area contributed by atoms with E-state index in [9.17, 15) is 4.79 Å². The number of esters is 1. The van der Waals surface area contributed by atoms with Gasteiger partial charge in [0.05, 0.1) is 12.2 Å². The van der Waals surface area contributed by atoms with Crippen molar-refractivity contribution in [3.8, 4) is 0 Å². The maximum atomic E-state index is 12.1. The molecule has 21 heavy (non-hydrogen) atoms. The molecule has 2 heteroatoms. The smallest absolute Gasteiger partial charge is 0.338 e. The first-order valence-corrected chi connectivity index (χ1v) is 7.99. The zero-order valence-electron chi connectivity index (χ0n) is 13.9. The number of allylic oxidation sites excluding steroid dienone is 1. The van der Waals surface area contributed by atoms with Gasteiger partial charge in [0, 0.05) is 0 Å². The van der Waals surface area contributed by atoms with Gasteiger partial charge in [0.2, 0.25) is 0 Å². The Morgan fingerprint density at radius 1 is 1.10 bits per heavy atom. The van der Waals surface area contributed by atoms with Crippen LogP contribution in [0.5, 0.6) is 0 Å². The second-order valence-corrected chi connectivity index (χ2v) is 5.63. The van der Waals surface area contributed by atoms with Gasteiger partial charge in [-0.05, 0) is 61.9 Å². The van der Waals surface area contributed by atoms with Crippen LogP contribution in [0.2, 0.25) is 0 Å². The number of ether oxygens (including phenoxy) is 1. The molecule has 0 aromatic heterocycles. The van der Waals surface area contributed by atoms with E-state index in [1.54, 1.807) is 0 Å². The fourth-order valence-corrected chi connectivity index (χ4v) is 2.64. The SMILES string of the molecule is C=C(C)Cc1c(CCC)cc(C(=O)OCC)cc1CCC. The fraction of sp³-hybridized carbons (Fsp3) is 0.526. The van der Waals surface area contributed by atoms with E-state index < -0.39 is 0 Å². The summed E-state index contributed by atoms with van der Waals surface area (Å²) in [6.07, 6.45) is 5.02. The summed E-state index contributed by atoms with van der Waals surface area (Å²) in [6, 6.07) is 4.03. The maximum absolute atomic E-state index is 12.1. The van der Waals surface area contributed by atoms with Crippen LogP contribution < -0.4 is 0 Å². The van der Waals surface area contributed by atoms with Gasteiger partial charge in [-0.25, -0.2) is 4.79 Å². The molecule has 0 heterocycles. The third-order valence-corrected chi connectivity index (χ3v) is 3.46. The summed E-state index contributed by atoms with van der Waals surface area (Å²) in [4.78, 5) is 12.1. The van der Waals surface area contributed by atoms with Crippen LogP contribution >= 0.6 is 0 Å². The normalized spacial score (nSPS) is 10.5. The third kappa shape index (κ3) is 5.04. The van der Waals surface area contributed by atoms with Crippen LogP contribution in [0, 0.1) is 0 Å². The molecular weight excluding hydrogens is 260 g/mol. The summed E-state index contributed by atoms with van der Waals surface area (Å²) < 4.78 is 5.16. The Morgan fingerprint density at radius 3 is 2.00 bits per heavy atom. The molecule has 0 radical (unpaired) electrons. The molecule has 0 aliphatic heterocycles. The van der Waals surface area contributed by atoms with Crippen LogP contribution in [0.15, 0.2) is 24.3 Å². The van der Waals surface area contributed by atoms with Gasteiger partial charge in [0.25, 0.3) is 0 Å². The van der Waals surface area contributed by atoms with Crippen LogP contribution in [-0.4, -0.2) is 12.6 Å². The summed E-state index contributed by atoms with van der Waals surface area (Å²) in [6.45, 7) is 12.7. The zero-order chi connectivity index (χ0) is 15.8. The van der Waals surface area contributed by atoms with Gasteiger partial charge in [0.15, 0.2) is 0 Å². The Morgan fingerprint density at radius 2 is 1.62 bits per heavy atom. The highest BCUT2D eigenvalue weighted by molar-refractivity contribution is 5.90. The Labute approximate surface area is 129 Å². The predicted molar refractivity (Wildman–Crippen MR) is 88.9 cm³/mol. The number of carbonyl (C=O) groups is 1. The van der Waals surface area contributed by atoms with Gasteiger partial charge in [-0.15, -0.1) is 0 Å². The Kier molecular flexibility index (Phi) is 7.21. The first-order chi connectivity index (χ1) is 10.0. The minimum Gasteiger partial charge on any atom is -0.462 e. The van der Waals surface area contributed by atoms with Crippen molar-refractivity contribution in [3.05, 3.63) is 46.5 Å². The van der Waals surface area contributed by atoms with E-state index >= 15 is 0 Å². The molecule has 0 fully saturated rings. The molecular formula is C19H28O2. The summed E-state index contributed by atoms with van der Waals surface area (Å²) in [7, 11) is 0. The molecule has 0 unspecified atom stereocenters. The van der Waals surface area contributed by atoms with Gasteiger partial charge in [0.1, 0.15) is 0 Å². The van der Waals surface area contributed by atoms with Crippen LogP contribution in [0.4, 0.5) is 0 Å². The zero-order valence-corrected chi connectivity index (χ0v) is 13.9. The molecule has 0 aliphatic rings.